The number of nitrogens with zero attached hydrogens (tertiary/aromatic N) is 3. The van der Waals surface area contributed by atoms with E-state index in [2.05, 4.69) is 206 Å². The van der Waals surface area contributed by atoms with Gasteiger partial charge in [-0.3, -0.25) is 0 Å². The van der Waals surface area contributed by atoms with E-state index >= 15 is 0 Å². The van der Waals surface area contributed by atoms with Crippen molar-refractivity contribution < 1.29 is 0 Å². The van der Waals surface area contributed by atoms with Crippen LogP contribution in [0.5, 0.6) is 0 Å². The summed E-state index contributed by atoms with van der Waals surface area (Å²) < 4.78 is 2.39. The Hall–Kier alpha value is -7.36. The van der Waals surface area contributed by atoms with Gasteiger partial charge in [0.1, 0.15) is 0 Å². The topological polar surface area (TPSA) is 30.7 Å². The van der Waals surface area contributed by atoms with E-state index in [4.69, 9.17) is 9.97 Å². The highest BCUT2D eigenvalue weighted by Gasteiger charge is 2.35. The van der Waals surface area contributed by atoms with Crippen LogP contribution >= 0.6 is 0 Å². The van der Waals surface area contributed by atoms with Crippen LogP contribution in [0.25, 0.3) is 94.8 Å². The molecule has 2 heterocycles. The molecular weight excluding hydrogens is 703 g/mol. The highest BCUT2D eigenvalue weighted by atomic mass is 15.0. The second kappa shape index (κ2) is 13.4. The molecule has 0 spiro atoms. The first-order valence-electron chi connectivity index (χ1n) is 20.0. The molecule has 0 amide bonds. The van der Waals surface area contributed by atoms with Gasteiger partial charge in [-0.1, -0.05) is 159 Å². The molecule has 0 radical (unpaired) electrons. The summed E-state index contributed by atoms with van der Waals surface area (Å²) in [7, 11) is 0. The van der Waals surface area contributed by atoms with Gasteiger partial charge in [0, 0.05) is 38.6 Å². The van der Waals surface area contributed by atoms with Gasteiger partial charge < -0.3 is 4.57 Å². The maximum Gasteiger partial charge on any atom is 0.160 e. The van der Waals surface area contributed by atoms with E-state index in [0.29, 0.717) is 5.82 Å². The summed E-state index contributed by atoms with van der Waals surface area (Å²) in [4.78, 5) is 10.3. The molecule has 0 saturated heterocycles. The lowest BCUT2D eigenvalue weighted by Gasteiger charge is -2.21. The van der Waals surface area contributed by atoms with Crippen LogP contribution in [0.15, 0.2) is 200 Å². The van der Waals surface area contributed by atoms with Crippen molar-refractivity contribution in [2.45, 2.75) is 19.3 Å². The lowest BCUT2D eigenvalue weighted by molar-refractivity contribution is 0.660. The van der Waals surface area contributed by atoms with Gasteiger partial charge in [0.15, 0.2) is 5.82 Å². The molecule has 0 bridgehead atoms. The lowest BCUT2D eigenvalue weighted by atomic mass is 9.82. The van der Waals surface area contributed by atoms with E-state index in [9.17, 15) is 0 Å². The van der Waals surface area contributed by atoms with Gasteiger partial charge in [-0.05, 0) is 99.1 Å². The molecule has 8 aromatic carbocycles. The average molecular weight is 742 g/mol. The normalized spacial score (nSPS) is 12.8. The summed E-state index contributed by atoms with van der Waals surface area (Å²) in [6, 6.07) is 71.9. The van der Waals surface area contributed by atoms with Gasteiger partial charge >= 0.3 is 0 Å². The smallest absolute Gasteiger partial charge is 0.160 e. The molecule has 0 unspecified atom stereocenters. The lowest BCUT2D eigenvalue weighted by Crippen LogP contribution is -2.14. The quantitative estimate of drug-likeness (QED) is 0.170. The number of rotatable bonds is 6. The van der Waals surface area contributed by atoms with Gasteiger partial charge in [-0.25, -0.2) is 9.97 Å². The van der Waals surface area contributed by atoms with Crippen molar-refractivity contribution in [3.05, 3.63) is 211 Å². The van der Waals surface area contributed by atoms with Crippen LogP contribution in [-0.4, -0.2) is 14.5 Å². The zero-order valence-corrected chi connectivity index (χ0v) is 32.4. The Morgan fingerprint density at radius 1 is 0.362 bits per heavy atom. The fourth-order valence-electron chi connectivity index (χ4n) is 9.07. The van der Waals surface area contributed by atoms with Crippen molar-refractivity contribution in [2.24, 2.45) is 0 Å². The first-order valence-corrected chi connectivity index (χ1v) is 20.0. The Labute approximate surface area is 338 Å². The molecule has 0 fully saturated rings. The highest BCUT2D eigenvalue weighted by Crippen LogP contribution is 2.50. The van der Waals surface area contributed by atoms with Crippen LogP contribution in [-0.2, 0) is 5.41 Å². The highest BCUT2D eigenvalue weighted by molar-refractivity contribution is 6.11. The number of hydrogen-bond acceptors (Lipinski definition) is 2. The van der Waals surface area contributed by atoms with Crippen molar-refractivity contribution in [2.75, 3.05) is 0 Å². The molecule has 274 valence electrons. The van der Waals surface area contributed by atoms with E-state index in [0.717, 1.165) is 44.9 Å². The van der Waals surface area contributed by atoms with Crippen LogP contribution in [0.1, 0.15) is 25.0 Å². The van der Waals surface area contributed by atoms with E-state index in [1.807, 2.05) is 12.1 Å². The van der Waals surface area contributed by atoms with Crippen LogP contribution in [0, 0.1) is 0 Å². The van der Waals surface area contributed by atoms with Gasteiger partial charge in [0.25, 0.3) is 0 Å². The van der Waals surface area contributed by atoms with E-state index in [-0.39, 0.29) is 5.41 Å². The molecule has 0 saturated carbocycles. The standard InChI is InChI=1S/C55H39N3/c1-55(2)48-24-13-12-23-44(48)45-32-39(25-28-49(45)55)41-27-30-53-47(34-41)46-33-40(26-29-52(46)58(53)43-21-10-5-11-22-43)38-19-14-20-42(31-38)54-56-50(36-15-6-3-7-16-36)35-51(57-54)37-17-8-4-9-18-37/h3-35H,1-2H3. The Morgan fingerprint density at radius 3 is 1.48 bits per heavy atom. The molecule has 1 aliphatic rings. The summed E-state index contributed by atoms with van der Waals surface area (Å²) >= 11 is 0. The number of benzene rings is 8. The van der Waals surface area contributed by atoms with E-state index in [1.54, 1.807) is 0 Å². The summed E-state index contributed by atoms with van der Waals surface area (Å²) in [6.07, 6.45) is 0. The molecule has 2 aromatic heterocycles. The number of aromatic nitrogens is 3. The van der Waals surface area contributed by atoms with Crippen LogP contribution < -0.4 is 0 Å². The fraction of sp³-hybridized carbons (Fsp3) is 0.0545. The van der Waals surface area contributed by atoms with Crippen LogP contribution in [0.3, 0.4) is 0 Å². The summed E-state index contributed by atoms with van der Waals surface area (Å²) in [5, 5.41) is 2.44. The first kappa shape index (κ1) is 33.9. The zero-order valence-electron chi connectivity index (χ0n) is 32.4. The Kier molecular flexibility index (Phi) is 7.84. The number of hydrogen-bond donors (Lipinski definition) is 0. The molecule has 0 N–H and O–H groups in total. The van der Waals surface area contributed by atoms with Gasteiger partial charge in [0.2, 0.25) is 0 Å². The van der Waals surface area contributed by atoms with Crippen molar-refractivity contribution in [1.82, 2.24) is 14.5 Å². The molecule has 0 aliphatic heterocycles. The molecule has 3 heteroatoms. The third-order valence-electron chi connectivity index (χ3n) is 12.0. The maximum atomic E-state index is 5.13. The van der Waals surface area contributed by atoms with E-state index in [1.165, 1.54) is 55.2 Å². The monoisotopic (exact) mass is 741 g/mol. The molecule has 3 nitrogen and oxygen atoms in total. The second-order valence-electron chi connectivity index (χ2n) is 15.8. The first-order chi connectivity index (χ1) is 28.5. The summed E-state index contributed by atoms with van der Waals surface area (Å²) in [6.45, 7) is 4.68. The Morgan fingerprint density at radius 2 is 0.845 bits per heavy atom. The van der Waals surface area contributed by atoms with Gasteiger partial charge in [-0.2, -0.15) is 0 Å². The van der Waals surface area contributed by atoms with Crippen molar-refractivity contribution in [1.29, 1.82) is 0 Å². The minimum absolute atomic E-state index is 0.0216. The van der Waals surface area contributed by atoms with E-state index < -0.39 is 0 Å². The minimum Gasteiger partial charge on any atom is -0.309 e. The maximum absolute atomic E-state index is 5.13. The van der Waals surface area contributed by atoms with Gasteiger partial charge in [-0.15, -0.1) is 0 Å². The molecular formula is C55H39N3. The summed E-state index contributed by atoms with van der Waals surface area (Å²) in [5.74, 6) is 0.703. The second-order valence-corrected chi connectivity index (χ2v) is 15.8. The molecule has 11 rings (SSSR count). The fourth-order valence-corrected chi connectivity index (χ4v) is 9.07. The SMILES string of the molecule is CC1(C)c2ccccc2-c2cc(-c3ccc4c(c3)c3cc(-c5cccc(-c6nc(-c7ccccc7)cc(-c7ccccc7)n6)c5)ccc3n4-c3ccccc3)ccc21. The minimum atomic E-state index is -0.0216. The third-order valence-corrected chi connectivity index (χ3v) is 12.0. The summed E-state index contributed by atoms with van der Waals surface area (Å²) in [5.41, 5.74) is 18.5. The zero-order chi connectivity index (χ0) is 38.8. The van der Waals surface area contributed by atoms with Crippen molar-refractivity contribution in [3.8, 4) is 73.0 Å². The molecule has 1 aliphatic carbocycles. The average Bonchev–Trinajstić information content (AvgIpc) is 3.74. The van der Waals surface area contributed by atoms with Gasteiger partial charge in [0.05, 0.1) is 22.4 Å². The van der Waals surface area contributed by atoms with Crippen molar-refractivity contribution in [3.63, 3.8) is 0 Å². The Bertz CT molecular complexity index is 3120. The number of para-hydroxylation sites is 1. The largest absolute Gasteiger partial charge is 0.309 e. The predicted octanol–water partition coefficient (Wildman–Crippen LogP) is 14.2. The Balaban J connectivity index is 1.05. The van der Waals surface area contributed by atoms with Crippen LogP contribution in [0.2, 0.25) is 0 Å². The molecule has 58 heavy (non-hydrogen) atoms. The van der Waals surface area contributed by atoms with Crippen LogP contribution in [0.4, 0.5) is 0 Å². The predicted molar refractivity (Wildman–Crippen MR) is 241 cm³/mol. The number of fused-ring (bicyclic) bond motifs is 6. The third kappa shape index (κ3) is 5.58. The molecule has 10 aromatic rings. The molecule has 0 atom stereocenters. The van der Waals surface area contributed by atoms with Crippen molar-refractivity contribution >= 4 is 21.8 Å².